The third kappa shape index (κ3) is 3.82. The molecule has 7 nitrogen and oxygen atoms in total. The molecule has 0 aliphatic carbocycles. The molecule has 0 radical (unpaired) electrons. The van der Waals surface area contributed by atoms with Crippen molar-refractivity contribution < 1.29 is 4.79 Å². The van der Waals surface area contributed by atoms with Crippen LogP contribution in [-0.2, 0) is 4.79 Å². The molecule has 1 aliphatic heterocycles. The molecule has 27 heavy (non-hydrogen) atoms. The van der Waals surface area contributed by atoms with Gasteiger partial charge in [-0.2, -0.15) is 5.10 Å². The van der Waals surface area contributed by atoms with Crippen molar-refractivity contribution in [1.29, 1.82) is 0 Å². The highest BCUT2D eigenvalue weighted by molar-refractivity contribution is 5.79. The first-order valence-corrected chi connectivity index (χ1v) is 9.86. The number of anilines is 1. The molecule has 3 heterocycles. The molecule has 3 rings (SSSR count). The number of rotatable bonds is 5. The highest BCUT2D eigenvalue weighted by Gasteiger charge is 2.26. The van der Waals surface area contributed by atoms with Crippen molar-refractivity contribution in [2.75, 3.05) is 31.1 Å². The summed E-state index contributed by atoms with van der Waals surface area (Å²) in [6, 6.07) is 3.95. The Morgan fingerprint density at radius 2 is 1.59 bits per heavy atom. The number of hydrogen-bond donors (Lipinski definition) is 0. The first-order chi connectivity index (χ1) is 13.0. The average molecular weight is 371 g/mol. The number of amides is 1. The predicted octanol–water partition coefficient (Wildman–Crippen LogP) is 2.67. The van der Waals surface area contributed by atoms with E-state index >= 15 is 0 Å². The van der Waals surface area contributed by atoms with E-state index in [1.54, 1.807) is 0 Å². The lowest BCUT2D eigenvalue weighted by atomic mass is 10.0. The number of aryl methyl sites for hydroxylation is 1. The minimum absolute atomic E-state index is 0.153. The first kappa shape index (κ1) is 19.3. The molecule has 0 saturated carbocycles. The average Bonchev–Trinajstić information content (AvgIpc) is 2.96. The van der Waals surface area contributed by atoms with Gasteiger partial charge in [-0.1, -0.05) is 13.8 Å². The van der Waals surface area contributed by atoms with E-state index in [0.717, 1.165) is 62.0 Å². The molecule has 0 bridgehead atoms. The van der Waals surface area contributed by atoms with Crippen LogP contribution in [0.5, 0.6) is 0 Å². The monoisotopic (exact) mass is 370 g/mol. The van der Waals surface area contributed by atoms with Crippen LogP contribution in [0.1, 0.15) is 43.6 Å². The SMILES string of the molecule is CCC(CC)C(=O)N1CCN(c2ccc(-n3nc(C)c(C)c3C)nn2)CC1. The van der Waals surface area contributed by atoms with E-state index in [9.17, 15) is 4.79 Å². The predicted molar refractivity (Wildman–Crippen MR) is 106 cm³/mol. The first-order valence-electron chi connectivity index (χ1n) is 9.86. The minimum Gasteiger partial charge on any atom is -0.352 e. The summed E-state index contributed by atoms with van der Waals surface area (Å²) in [5.74, 6) is 2.03. The highest BCUT2D eigenvalue weighted by atomic mass is 16.2. The van der Waals surface area contributed by atoms with Gasteiger partial charge in [-0.25, -0.2) is 4.68 Å². The van der Waals surface area contributed by atoms with Crippen molar-refractivity contribution in [2.45, 2.75) is 47.5 Å². The summed E-state index contributed by atoms with van der Waals surface area (Å²) in [5.41, 5.74) is 3.28. The number of carbonyl (C=O) groups excluding carboxylic acids is 1. The van der Waals surface area contributed by atoms with E-state index in [2.05, 4.69) is 41.0 Å². The zero-order valence-corrected chi connectivity index (χ0v) is 17.1. The van der Waals surface area contributed by atoms with Crippen molar-refractivity contribution in [3.63, 3.8) is 0 Å². The van der Waals surface area contributed by atoms with E-state index in [-0.39, 0.29) is 5.92 Å². The van der Waals surface area contributed by atoms with Gasteiger partial charge in [0.05, 0.1) is 5.69 Å². The van der Waals surface area contributed by atoms with Gasteiger partial charge in [-0.15, -0.1) is 10.2 Å². The van der Waals surface area contributed by atoms with Crippen LogP contribution < -0.4 is 4.90 Å². The molecular formula is C20H30N6O. The van der Waals surface area contributed by atoms with Gasteiger partial charge < -0.3 is 9.80 Å². The minimum atomic E-state index is 0.153. The zero-order valence-electron chi connectivity index (χ0n) is 17.1. The normalized spacial score (nSPS) is 14.9. The summed E-state index contributed by atoms with van der Waals surface area (Å²) in [6.45, 7) is 13.4. The standard InChI is InChI=1S/C20H30N6O/c1-6-17(7-2)20(27)25-12-10-24(11-13-25)18-8-9-19(22-21-18)26-16(5)14(3)15(4)23-26/h8-9,17H,6-7,10-13H2,1-5H3. The Morgan fingerprint density at radius 1 is 1.00 bits per heavy atom. The van der Waals surface area contributed by atoms with Crippen molar-refractivity contribution in [3.05, 3.63) is 29.1 Å². The number of carbonyl (C=O) groups is 1. The van der Waals surface area contributed by atoms with Crippen LogP contribution in [-0.4, -0.2) is 57.0 Å². The molecule has 2 aromatic heterocycles. The largest absolute Gasteiger partial charge is 0.352 e. The second-order valence-corrected chi connectivity index (χ2v) is 7.28. The molecular weight excluding hydrogens is 340 g/mol. The van der Waals surface area contributed by atoms with Gasteiger partial charge in [0, 0.05) is 37.8 Å². The Labute approximate surface area is 161 Å². The Balaban J connectivity index is 1.65. The second kappa shape index (κ2) is 8.06. The van der Waals surface area contributed by atoms with Crippen LogP contribution in [0.3, 0.4) is 0 Å². The topological polar surface area (TPSA) is 67.2 Å². The van der Waals surface area contributed by atoms with Crippen LogP contribution in [0.25, 0.3) is 5.82 Å². The van der Waals surface area contributed by atoms with Crippen molar-refractivity contribution in [1.82, 2.24) is 24.9 Å². The van der Waals surface area contributed by atoms with E-state index in [1.165, 1.54) is 5.56 Å². The summed E-state index contributed by atoms with van der Waals surface area (Å²) < 4.78 is 1.84. The molecule has 1 aliphatic rings. The molecule has 1 fully saturated rings. The smallest absolute Gasteiger partial charge is 0.225 e. The summed E-state index contributed by atoms with van der Waals surface area (Å²) in [4.78, 5) is 16.7. The van der Waals surface area contributed by atoms with Crippen LogP contribution >= 0.6 is 0 Å². The lowest BCUT2D eigenvalue weighted by Crippen LogP contribution is -2.50. The number of aromatic nitrogens is 4. The quantitative estimate of drug-likeness (QED) is 0.809. The molecule has 0 unspecified atom stereocenters. The third-order valence-electron chi connectivity index (χ3n) is 5.76. The molecule has 0 N–H and O–H groups in total. The number of piperazine rings is 1. The van der Waals surface area contributed by atoms with Crippen molar-refractivity contribution in [3.8, 4) is 5.82 Å². The fraction of sp³-hybridized carbons (Fsp3) is 0.600. The second-order valence-electron chi connectivity index (χ2n) is 7.28. The van der Waals surface area contributed by atoms with Crippen molar-refractivity contribution >= 4 is 11.7 Å². The maximum absolute atomic E-state index is 12.5. The van der Waals surface area contributed by atoms with E-state index in [4.69, 9.17) is 0 Å². The summed E-state index contributed by atoms with van der Waals surface area (Å²) in [7, 11) is 0. The van der Waals surface area contributed by atoms with Crippen molar-refractivity contribution in [2.24, 2.45) is 5.92 Å². The van der Waals surface area contributed by atoms with Crippen LogP contribution in [0.4, 0.5) is 5.82 Å². The van der Waals surface area contributed by atoms with E-state index in [0.29, 0.717) is 5.91 Å². The van der Waals surface area contributed by atoms with Gasteiger partial charge in [-0.05, 0) is 51.3 Å². The fourth-order valence-electron chi connectivity index (χ4n) is 3.60. The molecule has 146 valence electrons. The van der Waals surface area contributed by atoms with Gasteiger partial charge in [-0.3, -0.25) is 4.79 Å². The van der Waals surface area contributed by atoms with Gasteiger partial charge in [0.2, 0.25) is 5.91 Å². The van der Waals surface area contributed by atoms with Gasteiger partial charge >= 0.3 is 0 Å². The molecule has 1 saturated heterocycles. The molecule has 0 aromatic carbocycles. The number of hydrogen-bond acceptors (Lipinski definition) is 5. The Hall–Kier alpha value is -2.44. The zero-order chi connectivity index (χ0) is 19.6. The number of nitrogens with zero attached hydrogens (tertiary/aromatic N) is 6. The van der Waals surface area contributed by atoms with Crippen LogP contribution in [0, 0.1) is 26.7 Å². The molecule has 0 spiro atoms. The summed E-state index contributed by atoms with van der Waals surface area (Å²) in [5, 5.41) is 13.3. The van der Waals surface area contributed by atoms with Gasteiger partial charge in [0.25, 0.3) is 0 Å². The third-order valence-corrected chi connectivity index (χ3v) is 5.76. The molecule has 1 amide bonds. The fourth-order valence-corrected chi connectivity index (χ4v) is 3.60. The summed E-state index contributed by atoms with van der Waals surface area (Å²) >= 11 is 0. The molecule has 0 atom stereocenters. The van der Waals surface area contributed by atoms with E-state index in [1.807, 2.05) is 35.6 Å². The highest BCUT2D eigenvalue weighted by Crippen LogP contribution is 2.19. The van der Waals surface area contributed by atoms with Gasteiger partial charge in [0.15, 0.2) is 11.6 Å². The maximum Gasteiger partial charge on any atom is 0.225 e. The molecule has 7 heteroatoms. The Kier molecular flexibility index (Phi) is 5.77. The Morgan fingerprint density at radius 3 is 2.07 bits per heavy atom. The molecule has 2 aromatic rings. The summed E-state index contributed by atoms with van der Waals surface area (Å²) in [6.07, 6.45) is 1.82. The Bertz CT molecular complexity index is 786. The maximum atomic E-state index is 12.5. The lowest BCUT2D eigenvalue weighted by Gasteiger charge is -2.36. The van der Waals surface area contributed by atoms with Gasteiger partial charge in [0.1, 0.15) is 0 Å². The van der Waals surface area contributed by atoms with Crippen LogP contribution in [0.15, 0.2) is 12.1 Å². The van der Waals surface area contributed by atoms with E-state index < -0.39 is 0 Å². The van der Waals surface area contributed by atoms with Crippen LogP contribution in [0.2, 0.25) is 0 Å². The lowest BCUT2D eigenvalue weighted by molar-refractivity contribution is -0.136.